The summed E-state index contributed by atoms with van der Waals surface area (Å²) in [4.78, 5) is 0. The highest BCUT2D eigenvalue weighted by Crippen LogP contribution is 2.18. The Morgan fingerprint density at radius 1 is 1.24 bits per heavy atom. The first-order valence-electron chi connectivity index (χ1n) is 6.20. The van der Waals surface area contributed by atoms with Crippen LogP contribution in [-0.2, 0) is 0 Å². The maximum absolute atomic E-state index is 5.55. The Labute approximate surface area is 105 Å². The predicted octanol–water partition coefficient (Wildman–Crippen LogP) is 4.07. The van der Waals surface area contributed by atoms with E-state index in [0.717, 1.165) is 12.0 Å². The second kappa shape index (κ2) is 12.5. The fourth-order valence-electron chi connectivity index (χ4n) is 0.953. The van der Waals surface area contributed by atoms with E-state index < -0.39 is 0 Å². The van der Waals surface area contributed by atoms with Gasteiger partial charge < -0.3 is 5.73 Å². The Morgan fingerprint density at radius 3 is 2.18 bits per heavy atom. The zero-order valence-corrected chi connectivity index (χ0v) is 11.8. The molecular formula is C13H25N3O. The molecule has 4 heteroatoms. The molecular weight excluding hydrogens is 214 g/mol. The van der Waals surface area contributed by atoms with Crippen LogP contribution in [0.4, 0.5) is 5.82 Å². The van der Waals surface area contributed by atoms with Gasteiger partial charge in [0, 0.05) is 5.57 Å². The molecule has 0 atom stereocenters. The number of nitrogens with zero attached hydrogens (tertiary/aromatic N) is 2. The van der Waals surface area contributed by atoms with Gasteiger partial charge in [0.1, 0.15) is 0 Å². The molecule has 0 saturated heterocycles. The van der Waals surface area contributed by atoms with Crippen molar-refractivity contribution in [1.29, 1.82) is 0 Å². The van der Waals surface area contributed by atoms with Crippen LogP contribution in [0.1, 0.15) is 53.7 Å². The van der Waals surface area contributed by atoms with Crippen LogP contribution in [-0.4, -0.2) is 10.3 Å². The molecule has 0 spiro atoms. The normalized spacial score (nSPS) is 10.4. The minimum Gasteiger partial charge on any atom is -0.379 e. The molecule has 1 rings (SSSR count). The van der Waals surface area contributed by atoms with E-state index in [2.05, 4.69) is 21.9 Å². The second-order valence-corrected chi connectivity index (χ2v) is 2.55. The summed E-state index contributed by atoms with van der Waals surface area (Å²) in [6, 6.07) is 0. The third-order valence-electron chi connectivity index (χ3n) is 1.63. The van der Waals surface area contributed by atoms with Crippen LogP contribution in [0.2, 0.25) is 0 Å². The lowest BCUT2D eigenvalue weighted by molar-refractivity contribution is 0.308. The van der Waals surface area contributed by atoms with E-state index in [-0.39, 0.29) is 0 Å². The van der Waals surface area contributed by atoms with Gasteiger partial charge in [-0.1, -0.05) is 52.8 Å². The fourth-order valence-corrected chi connectivity index (χ4v) is 0.953. The van der Waals surface area contributed by atoms with Gasteiger partial charge in [-0.25, -0.2) is 4.63 Å². The lowest BCUT2D eigenvalue weighted by Gasteiger charge is -1.94. The number of aromatic nitrogens is 2. The van der Waals surface area contributed by atoms with E-state index in [4.69, 9.17) is 5.73 Å². The van der Waals surface area contributed by atoms with E-state index in [1.807, 2.05) is 52.8 Å². The highest BCUT2D eigenvalue weighted by molar-refractivity contribution is 5.76. The quantitative estimate of drug-likeness (QED) is 0.807. The zero-order valence-electron chi connectivity index (χ0n) is 11.8. The van der Waals surface area contributed by atoms with Gasteiger partial charge in [-0.3, -0.25) is 0 Å². The van der Waals surface area contributed by atoms with Crippen LogP contribution in [0.25, 0.3) is 5.57 Å². The number of allylic oxidation sites excluding steroid dienone is 4. The molecule has 0 saturated carbocycles. The summed E-state index contributed by atoms with van der Waals surface area (Å²) < 4.78 is 4.51. The molecule has 17 heavy (non-hydrogen) atoms. The van der Waals surface area contributed by atoms with Gasteiger partial charge in [0.05, 0.1) is 0 Å². The van der Waals surface area contributed by atoms with Crippen LogP contribution in [0.15, 0.2) is 22.9 Å². The van der Waals surface area contributed by atoms with Crippen molar-refractivity contribution in [3.8, 4) is 0 Å². The van der Waals surface area contributed by atoms with Gasteiger partial charge in [-0.05, 0) is 23.7 Å². The third-order valence-corrected chi connectivity index (χ3v) is 1.63. The van der Waals surface area contributed by atoms with Gasteiger partial charge in [0.25, 0.3) is 0 Å². The number of nitrogen functional groups attached to an aromatic ring is 1. The van der Waals surface area contributed by atoms with Gasteiger partial charge in [-0.15, -0.1) is 0 Å². The lowest BCUT2D eigenvalue weighted by atomic mass is 10.1. The third kappa shape index (κ3) is 6.56. The van der Waals surface area contributed by atoms with Crippen molar-refractivity contribution < 1.29 is 4.63 Å². The molecule has 0 amide bonds. The van der Waals surface area contributed by atoms with E-state index in [9.17, 15) is 0 Å². The summed E-state index contributed by atoms with van der Waals surface area (Å²) in [5, 5.41) is 7.22. The minimum absolute atomic E-state index is 0.328. The molecule has 0 aromatic carbocycles. The van der Waals surface area contributed by atoms with Crippen LogP contribution in [0.5, 0.6) is 0 Å². The SMILES string of the molecule is C/C=C(\C=C/CC)c1nonc1N.CC.CC. The fraction of sp³-hybridized carbons (Fsp3) is 0.538. The first-order chi connectivity index (χ1) is 8.29. The summed E-state index contributed by atoms with van der Waals surface area (Å²) in [6.45, 7) is 12.0. The smallest absolute Gasteiger partial charge is 0.196 e. The molecule has 0 fully saturated rings. The van der Waals surface area contributed by atoms with Crippen molar-refractivity contribution in [3.63, 3.8) is 0 Å². The van der Waals surface area contributed by atoms with Crippen LogP contribution < -0.4 is 5.73 Å². The lowest BCUT2D eigenvalue weighted by Crippen LogP contribution is -1.90. The maximum atomic E-state index is 5.55. The number of anilines is 1. The molecule has 98 valence electrons. The van der Waals surface area contributed by atoms with Gasteiger partial charge >= 0.3 is 0 Å². The summed E-state index contributed by atoms with van der Waals surface area (Å²) >= 11 is 0. The molecule has 0 aliphatic carbocycles. The summed E-state index contributed by atoms with van der Waals surface area (Å²) in [5.41, 5.74) is 7.08. The highest BCUT2D eigenvalue weighted by atomic mass is 16.6. The van der Waals surface area contributed by atoms with Crippen molar-refractivity contribution >= 4 is 11.4 Å². The molecule has 2 N–H and O–H groups in total. The zero-order chi connectivity index (χ0) is 13.7. The van der Waals surface area contributed by atoms with Gasteiger partial charge in [-0.2, -0.15) is 0 Å². The Kier molecular flexibility index (Phi) is 13.1. The summed E-state index contributed by atoms with van der Waals surface area (Å²) in [7, 11) is 0. The van der Waals surface area contributed by atoms with Gasteiger partial charge in [0.15, 0.2) is 11.5 Å². The average molecular weight is 239 g/mol. The van der Waals surface area contributed by atoms with Gasteiger partial charge in [0.2, 0.25) is 0 Å². The number of hydrogen-bond donors (Lipinski definition) is 1. The summed E-state index contributed by atoms with van der Waals surface area (Å²) in [6.07, 6.45) is 6.88. The van der Waals surface area contributed by atoms with Crippen molar-refractivity contribution in [1.82, 2.24) is 10.3 Å². The topological polar surface area (TPSA) is 64.9 Å². The Hall–Kier alpha value is -1.58. The van der Waals surface area contributed by atoms with E-state index in [1.165, 1.54) is 0 Å². The molecule has 1 aromatic heterocycles. The van der Waals surface area contributed by atoms with Crippen molar-refractivity contribution in [2.45, 2.75) is 48.0 Å². The monoisotopic (exact) mass is 239 g/mol. The Bertz CT molecular complexity index is 327. The molecule has 0 radical (unpaired) electrons. The van der Waals surface area contributed by atoms with E-state index in [0.29, 0.717) is 11.5 Å². The molecule has 4 nitrogen and oxygen atoms in total. The average Bonchev–Trinajstić information content (AvgIpc) is 2.82. The molecule has 1 aromatic rings. The summed E-state index contributed by atoms with van der Waals surface area (Å²) in [5.74, 6) is 0.328. The molecule has 1 heterocycles. The van der Waals surface area contributed by atoms with Crippen molar-refractivity contribution in [3.05, 3.63) is 23.9 Å². The van der Waals surface area contributed by atoms with Crippen molar-refractivity contribution in [2.24, 2.45) is 0 Å². The molecule has 0 bridgehead atoms. The maximum Gasteiger partial charge on any atom is 0.196 e. The molecule has 0 aliphatic heterocycles. The van der Waals surface area contributed by atoms with Crippen LogP contribution >= 0.6 is 0 Å². The molecule has 0 aliphatic rings. The van der Waals surface area contributed by atoms with E-state index >= 15 is 0 Å². The molecule has 0 unspecified atom stereocenters. The minimum atomic E-state index is 0.328. The standard InChI is InChI=1S/C9H13N3O.2C2H6/c1-3-5-6-7(4-2)8-9(10)12-13-11-8;2*1-2/h4-6H,3H2,1-2H3,(H2,10,12);2*1-2H3/b6-5-,7-4+;;. The Morgan fingerprint density at radius 2 is 1.82 bits per heavy atom. The van der Waals surface area contributed by atoms with Crippen molar-refractivity contribution in [2.75, 3.05) is 5.73 Å². The number of hydrogen-bond acceptors (Lipinski definition) is 4. The first kappa shape index (κ1) is 17.8. The van der Waals surface area contributed by atoms with Crippen LogP contribution in [0.3, 0.4) is 0 Å². The Balaban J connectivity index is 0. The first-order valence-corrected chi connectivity index (χ1v) is 6.20. The number of nitrogens with two attached hydrogens (primary N) is 1. The highest BCUT2D eigenvalue weighted by Gasteiger charge is 2.07. The van der Waals surface area contributed by atoms with Crippen LogP contribution in [0, 0.1) is 0 Å². The largest absolute Gasteiger partial charge is 0.379 e. The second-order valence-electron chi connectivity index (χ2n) is 2.55. The number of rotatable bonds is 3. The predicted molar refractivity (Wildman–Crippen MR) is 74.5 cm³/mol. The van der Waals surface area contributed by atoms with E-state index in [1.54, 1.807) is 0 Å².